The molecular formula is C31H54O4. The molecule has 0 radical (unpaired) electrons. The monoisotopic (exact) mass is 490 g/mol. The molecule has 0 amide bonds. The molecule has 0 rings (SSSR count). The van der Waals surface area contributed by atoms with Crippen LogP contribution in [0.2, 0.25) is 0 Å². The first-order valence-electron chi connectivity index (χ1n) is 14.2. The molecule has 0 aromatic carbocycles. The van der Waals surface area contributed by atoms with Gasteiger partial charge in [0, 0.05) is 13.0 Å². The van der Waals surface area contributed by atoms with Crippen LogP contribution in [0.25, 0.3) is 0 Å². The Morgan fingerprint density at radius 3 is 1.77 bits per heavy atom. The molecule has 4 nitrogen and oxygen atoms in total. The van der Waals surface area contributed by atoms with Crippen molar-refractivity contribution in [3.8, 4) is 0 Å². The van der Waals surface area contributed by atoms with E-state index in [1.165, 1.54) is 57.8 Å². The van der Waals surface area contributed by atoms with Crippen LogP contribution in [-0.2, 0) is 14.3 Å². The quantitative estimate of drug-likeness (QED) is 0.0792. The topological polar surface area (TPSA) is 55.8 Å². The first-order chi connectivity index (χ1) is 17.2. The van der Waals surface area contributed by atoms with E-state index in [-0.39, 0.29) is 19.2 Å². The second kappa shape index (κ2) is 28.6. The zero-order chi connectivity index (χ0) is 25.7. The SMILES string of the molecule is CC/C=C\C/C=C\C/C=C\C/C=C\CCCCCCCCCCCOCC(CO)OC(=O)CCC. The molecule has 0 aromatic heterocycles. The van der Waals surface area contributed by atoms with E-state index in [9.17, 15) is 9.90 Å². The van der Waals surface area contributed by atoms with Gasteiger partial charge in [0.1, 0.15) is 6.10 Å². The van der Waals surface area contributed by atoms with Crippen LogP contribution in [-0.4, -0.2) is 37.0 Å². The molecule has 0 saturated carbocycles. The van der Waals surface area contributed by atoms with Crippen LogP contribution in [0.1, 0.15) is 117 Å². The highest BCUT2D eigenvalue weighted by atomic mass is 16.6. The summed E-state index contributed by atoms with van der Waals surface area (Å²) in [7, 11) is 0. The average Bonchev–Trinajstić information content (AvgIpc) is 2.86. The van der Waals surface area contributed by atoms with E-state index in [0.717, 1.165) is 38.5 Å². The van der Waals surface area contributed by atoms with Gasteiger partial charge in [-0.1, -0.05) is 107 Å². The zero-order valence-corrected chi connectivity index (χ0v) is 22.8. The molecule has 202 valence electrons. The fourth-order valence-electron chi connectivity index (χ4n) is 3.59. The van der Waals surface area contributed by atoms with E-state index >= 15 is 0 Å². The number of aliphatic hydroxyl groups is 1. The smallest absolute Gasteiger partial charge is 0.306 e. The Hall–Kier alpha value is -1.65. The van der Waals surface area contributed by atoms with Crippen LogP contribution < -0.4 is 0 Å². The van der Waals surface area contributed by atoms with Crippen molar-refractivity contribution >= 4 is 5.97 Å². The number of carbonyl (C=O) groups excluding carboxylic acids is 1. The number of hydrogen-bond acceptors (Lipinski definition) is 4. The van der Waals surface area contributed by atoms with Crippen LogP contribution in [0.15, 0.2) is 48.6 Å². The van der Waals surface area contributed by atoms with Gasteiger partial charge in [0.2, 0.25) is 0 Å². The molecule has 0 heterocycles. The van der Waals surface area contributed by atoms with Gasteiger partial charge >= 0.3 is 5.97 Å². The highest BCUT2D eigenvalue weighted by Gasteiger charge is 2.12. The van der Waals surface area contributed by atoms with Crippen molar-refractivity contribution in [1.29, 1.82) is 0 Å². The van der Waals surface area contributed by atoms with Gasteiger partial charge in [-0.3, -0.25) is 4.79 Å². The van der Waals surface area contributed by atoms with Gasteiger partial charge in [-0.25, -0.2) is 0 Å². The number of esters is 1. The number of rotatable bonds is 25. The Balaban J connectivity index is 3.36. The van der Waals surface area contributed by atoms with Crippen molar-refractivity contribution in [2.45, 2.75) is 123 Å². The van der Waals surface area contributed by atoms with E-state index in [1.54, 1.807) is 0 Å². The van der Waals surface area contributed by atoms with Crippen LogP contribution >= 0.6 is 0 Å². The number of aliphatic hydroxyl groups excluding tert-OH is 1. The Bertz CT molecular complexity index is 562. The normalized spacial score (nSPS) is 13.1. The lowest BCUT2D eigenvalue weighted by atomic mass is 10.1. The molecule has 0 aromatic rings. The number of hydrogen-bond donors (Lipinski definition) is 1. The lowest BCUT2D eigenvalue weighted by Gasteiger charge is -2.15. The maximum absolute atomic E-state index is 11.5. The molecule has 0 aliphatic heterocycles. The van der Waals surface area contributed by atoms with Gasteiger partial charge in [-0.2, -0.15) is 0 Å². The Morgan fingerprint density at radius 2 is 1.23 bits per heavy atom. The fraction of sp³-hybridized carbons (Fsp3) is 0.710. The first-order valence-corrected chi connectivity index (χ1v) is 14.2. The Morgan fingerprint density at radius 1 is 0.714 bits per heavy atom. The Labute approximate surface area is 216 Å². The second-order valence-corrected chi connectivity index (χ2v) is 9.09. The summed E-state index contributed by atoms with van der Waals surface area (Å²) in [5, 5.41) is 9.26. The van der Waals surface area contributed by atoms with E-state index in [0.29, 0.717) is 13.0 Å². The third kappa shape index (κ3) is 26.8. The van der Waals surface area contributed by atoms with Gasteiger partial charge in [0.15, 0.2) is 0 Å². The summed E-state index contributed by atoms with van der Waals surface area (Å²) in [6, 6.07) is 0. The van der Waals surface area contributed by atoms with E-state index in [2.05, 4.69) is 55.5 Å². The van der Waals surface area contributed by atoms with Crippen molar-refractivity contribution in [2.24, 2.45) is 0 Å². The molecule has 1 atom stereocenters. The van der Waals surface area contributed by atoms with Gasteiger partial charge in [-0.05, 0) is 51.4 Å². The van der Waals surface area contributed by atoms with Crippen molar-refractivity contribution in [2.75, 3.05) is 19.8 Å². The minimum atomic E-state index is -0.531. The van der Waals surface area contributed by atoms with E-state index in [1.807, 2.05) is 6.92 Å². The summed E-state index contributed by atoms with van der Waals surface area (Å²) in [6.07, 6.45) is 35.5. The molecule has 0 bridgehead atoms. The standard InChI is InChI=1S/C31H54O4/c1-3-5-6-7-8-9-10-11-12-13-14-15-16-17-18-19-20-21-22-23-24-25-27-34-29-30(28-32)35-31(33)26-4-2/h5-6,8-9,11-12,14-15,30,32H,3-4,7,10,13,16-29H2,1-2H3/b6-5-,9-8-,12-11-,15-14-. The fourth-order valence-corrected chi connectivity index (χ4v) is 3.59. The summed E-state index contributed by atoms with van der Waals surface area (Å²) in [6.45, 7) is 4.86. The van der Waals surface area contributed by atoms with Crippen molar-refractivity contribution < 1.29 is 19.4 Å². The summed E-state index contributed by atoms with van der Waals surface area (Å²) in [4.78, 5) is 11.5. The molecule has 0 spiro atoms. The average molecular weight is 491 g/mol. The molecular weight excluding hydrogens is 436 g/mol. The van der Waals surface area contributed by atoms with Crippen LogP contribution in [0.5, 0.6) is 0 Å². The maximum Gasteiger partial charge on any atom is 0.306 e. The molecule has 0 aliphatic rings. The highest BCUT2D eigenvalue weighted by Crippen LogP contribution is 2.11. The predicted molar refractivity (Wildman–Crippen MR) is 150 cm³/mol. The van der Waals surface area contributed by atoms with Crippen LogP contribution in [0.4, 0.5) is 0 Å². The minimum absolute atomic E-state index is 0.182. The van der Waals surface area contributed by atoms with Crippen molar-refractivity contribution in [3.63, 3.8) is 0 Å². The molecule has 0 fully saturated rings. The number of allylic oxidation sites excluding steroid dienone is 8. The zero-order valence-electron chi connectivity index (χ0n) is 22.8. The third-order valence-electron chi connectivity index (χ3n) is 5.64. The molecule has 35 heavy (non-hydrogen) atoms. The van der Waals surface area contributed by atoms with Crippen molar-refractivity contribution in [3.05, 3.63) is 48.6 Å². The largest absolute Gasteiger partial charge is 0.457 e. The first kappa shape index (κ1) is 33.4. The molecule has 4 heteroatoms. The van der Waals surface area contributed by atoms with Crippen LogP contribution in [0, 0.1) is 0 Å². The molecule has 1 N–H and O–H groups in total. The summed E-state index contributed by atoms with van der Waals surface area (Å²) >= 11 is 0. The van der Waals surface area contributed by atoms with Gasteiger partial charge in [0.05, 0.1) is 13.2 Å². The van der Waals surface area contributed by atoms with E-state index in [4.69, 9.17) is 9.47 Å². The second-order valence-electron chi connectivity index (χ2n) is 9.09. The maximum atomic E-state index is 11.5. The number of ether oxygens (including phenoxy) is 2. The lowest BCUT2D eigenvalue weighted by molar-refractivity contribution is -0.154. The van der Waals surface area contributed by atoms with Gasteiger partial charge in [0.25, 0.3) is 0 Å². The summed E-state index contributed by atoms with van der Waals surface area (Å²) in [5.74, 6) is -0.259. The van der Waals surface area contributed by atoms with Gasteiger partial charge < -0.3 is 14.6 Å². The minimum Gasteiger partial charge on any atom is -0.457 e. The summed E-state index contributed by atoms with van der Waals surface area (Å²) < 4.78 is 10.7. The van der Waals surface area contributed by atoms with E-state index < -0.39 is 6.10 Å². The molecule has 0 aliphatic carbocycles. The lowest BCUT2D eigenvalue weighted by Crippen LogP contribution is -2.27. The number of unbranched alkanes of at least 4 members (excludes halogenated alkanes) is 9. The highest BCUT2D eigenvalue weighted by molar-refractivity contribution is 5.69. The number of carbonyl (C=O) groups is 1. The molecule has 1 unspecified atom stereocenters. The molecule has 0 saturated heterocycles. The summed E-state index contributed by atoms with van der Waals surface area (Å²) in [5.41, 5.74) is 0. The van der Waals surface area contributed by atoms with Crippen LogP contribution in [0.3, 0.4) is 0 Å². The predicted octanol–water partition coefficient (Wildman–Crippen LogP) is 8.41. The van der Waals surface area contributed by atoms with Gasteiger partial charge in [-0.15, -0.1) is 0 Å². The Kier molecular flexibility index (Phi) is 27.2. The third-order valence-corrected chi connectivity index (χ3v) is 5.64. The van der Waals surface area contributed by atoms with Crippen molar-refractivity contribution in [1.82, 2.24) is 0 Å².